The fourth-order valence-corrected chi connectivity index (χ4v) is 2.96. The monoisotopic (exact) mass is 363 g/mol. The summed E-state index contributed by atoms with van der Waals surface area (Å²) < 4.78 is 0. The molecule has 9 heteroatoms. The van der Waals surface area contributed by atoms with E-state index in [1.54, 1.807) is 0 Å². The summed E-state index contributed by atoms with van der Waals surface area (Å²) in [5, 5.41) is 3.81. The van der Waals surface area contributed by atoms with Crippen molar-refractivity contribution in [2.24, 2.45) is 0 Å². The Balaban J connectivity index is 2.01. The van der Waals surface area contributed by atoms with Gasteiger partial charge in [-0.15, -0.1) is 0 Å². The Kier molecular flexibility index (Phi) is 5.52. The van der Waals surface area contributed by atoms with Crippen molar-refractivity contribution < 1.29 is 4.79 Å². The van der Waals surface area contributed by atoms with Gasteiger partial charge in [0, 0.05) is 17.3 Å². The van der Waals surface area contributed by atoms with E-state index in [9.17, 15) is 9.59 Å². The van der Waals surface area contributed by atoms with Crippen LogP contribution in [-0.2, 0) is 4.79 Å². The SMILES string of the molecule is O=C(CSc1nccc(=O)[nH]1)Nc1c(Cl)cc(Cl)cc1Cl. The molecule has 0 saturated heterocycles. The molecule has 0 aliphatic carbocycles. The number of carbonyl (C=O) groups excluding carboxylic acids is 1. The zero-order valence-corrected chi connectivity index (χ0v) is 13.4. The predicted octanol–water partition coefficient (Wildman–Crippen LogP) is 3.46. The fourth-order valence-electron chi connectivity index (χ4n) is 1.40. The highest BCUT2D eigenvalue weighted by atomic mass is 35.5. The summed E-state index contributed by atoms with van der Waals surface area (Å²) in [6.07, 6.45) is 1.37. The summed E-state index contributed by atoms with van der Waals surface area (Å²) in [4.78, 5) is 29.4. The van der Waals surface area contributed by atoms with Crippen LogP contribution in [0.4, 0.5) is 5.69 Å². The second kappa shape index (κ2) is 7.17. The van der Waals surface area contributed by atoms with Gasteiger partial charge < -0.3 is 10.3 Å². The van der Waals surface area contributed by atoms with E-state index in [1.807, 2.05) is 0 Å². The van der Waals surface area contributed by atoms with Crippen molar-refractivity contribution >= 4 is 58.2 Å². The molecule has 0 unspecified atom stereocenters. The lowest BCUT2D eigenvalue weighted by atomic mass is 10.3. The van der Waals surface area contributed by atoms with Gasteiger partial charge in [-0.3, -0.25) is 9.59 Å². The number of H-pyrrole nitrogens is 1. The van der Waals surface area contributed by atoms with Crippen molar-refractivity contribution in [3.8, 4) is 0 Å². The second-order valence-corrected chi connectivity index (χ2v) is 6.04. The first-order valence-corrected chi connectivity index (χ1v) is 7.70. The van der Waals surface area contributed by atoms with E-state index in [0.29, 0.717) is 15.9 Å². The highest BCUT2D eigenvalue weighted by Crippen LogP contribution is 2.33. The first-order chi connectivity index (χ1) is 9.95. The highest BCUT2D eigenvalue weighted by Gasteiger charge is 2.12. The van der Waals surface area contributed by atoms with Gasteiger partial charge in [-0.25, -0.2) is 4.98 Å². The van der Waals surface area contributed by atoms with Crippen molar-refractivity contribution in [3.63, 3.8) is 0 Å². The second-order valence-electron chi connectivity index (χ2n) is 3.82. The number of nitrogens with one attached hydrogen (secondary N) is 2. The largest absolute Gasteiger partial charge is 0.323 e. The smallest absolute Gasteiger partial charge is 0.251 e. The van der Waals surface area contributed by atoms with E-state index < -0.39 is 0 Å². The van der Waals surface area contributed by atoms with Crippen molar-refractivity contribution in [2.45, 2.75) is 5.16 Å². The zero-order chi connectivity index (χ0) is 15.4. The van der Waals surface area contributed by atoms with Crippen LogP contribution in [0.5, 0.6) is 0 Å². The van der Waals surface area contributed by atoms with Crippen LogP contribution < -0.4 is 10.9 Å². The molecule has 0 radical (unpaired) electrons. The number of hydrogen-bond donors (Lipinski definition) is 2. The van der Waals surface area contributed by atoms with Crippen molar-refractivity contribution in [3.05, 3.63) is 49.8 Å². The summed E-state index contributed by atoms with van der Waals surface area (Å²) in [5.41, 5.74) is 0.0135. The Labute approximate surface area is 139 Å². The number of carbonyl (C=O) groups is 1. The quantitative estimate of drug-likeness (QED) is 0.643. The zero-order valence-electron chi connectivity index (χ0n) is 10.3. The van der Waals surface area contributed by atoms with E-state index in [0.717, 1.165) is 11.8 Å². The molecule has 0 aliphatic heterocycles. The molecule has 1 aromatic heterocycles. The molecule has 2 rings (SSSR count). The lowest BCUT2D eigenvalue weighted by molar-refractivity contribution is -0.113. The van der Waals surface area contributed by atoms with Crippen LogP contribution in [0.2, 0.25) is 15.1 Å². The number of nitrogens with zero attached hydrogens (tertiary/aromatic N) is 1. The minimum Gasteiger partial charge on any atom is -0.323 e. The Morgan fingerprint density at radius 3 is 2.57 bits per heavy atom. The maximum Gasteiger partial charge on any atom is 0.251 e. The topological polar surface area (TPSA) is 74.8 Å². The van der Waals surface area contributed by atoms with Gasteiger partial charge in [0.05, 0.1) is 21.5 Å². The third kappa shape index (κ3) is 4.64. The predicted molar refractivity (Wildman–Crippen MR) is 85.7 cm³/mol. The third-order valence-electron chi connectivity index (χ3n) is 2.26. The van der Waals surface area contributed by atoms with Gasteiger partial charge in [0.15, 0.2) is 5.16 Å². The number of hydrogen-bond acceptors (Lipinski definition) is 4. The Hall–Kier alpha value is -1.21. The molecule has 1 heterocycles. The van der Waals surface area contributed by atoms with Crippen molar-refractivity contribution in [1.82, 2.24) is 9.97 Å². The molecule has 0 bridgehead atoms. The Morgan fingerprint density at radius 2 is 1.95 bits per heavy atom. The minimum absolute atomic E-state index is 0.0439. The molecule has 2 aromatic rings. The molecule has 1 amide bonds. The van der Waals surface area contributed by atoms with Gasteiger partial charge >= 0.3 is 0 Å². The van der Waals surface area contributed by atoms with Gasteiger partial charge in [-0.2, -0.15) is 0 Å². The van der Waals surface area contributed by atoms with Crippen LogP contribution in [0.1, 0.15) is 0 Å². The van der Waals surface area contributed by atoms with Gasteiger partial charge in [0.1, 0.15) is 0 Å². The van der Waals surface area contributed by atoms with Crippen LogP contribution in [0, 0.1) is 0 Å². The van der Waals surface area contributed by atoms with E-state index in [2.05, 4.69) is 15.3 Å². The maximum atomic E-state index is 11.9. The number of amides is 1. The lowest BCUT2D eigenvalue weighted by Gasteiger charge is -2.09. The summed E-state index contributed by atoms with van der Waals surface area (Å²) >= 11 is 18.8. The van der Waals surface area contributed by atoms with E-state index in [4.69, 9.17) is 34.8 Å². The summed E-state index contributed by atoms with van der Waals surface area (Å²) in [5.74, 6) is -0.292. The van der Waals surface area contributed by atoms with Crippen LogP contribution in [0.3, 0.4) is 0 Å². The third-order valence-corrected chi connectivity index (χ3v) is 3.96. The van der Waals surface area contributed by atoms with Crippen LogP contribution in [0.25, 0.3) is 0 Å². The maximum absolute atomic E-state index is 11.9. The molecule has 0 spiro atoms. The van der Waals surface area contributed by atoms with Crippen molar-refractivity contribution in [1.29, 1.82) is 0 Å². The molecule has 1 aromatic carbocycles. The summed E-state index contributed by atoms with van der Waals surface area (Å²) in [7, 11) is 0. The lowest BCUT2D eigenvalue weighted by Crippen LogP contribution is -2.15. The number of benzene rings is 1. The Morgan fingerprint density at radius 1 is 1.29 bits per heavy atom. The molecule has 2 N–H and O–H groups in total. The number of aromatic nitrogens is 2. The standard InChI is InChI=1S/C12H8Cl3N3O2S/c13-6-3-7(14)11(8(15)4-6)17-10(20)5-21-12-16-2-1-9(19)18-12/h1-4H,5H2,(H,17,20)(H,16,18,19). The molecule has 0 saturated carbocycles. The molecule has 0 aliphatic rings. The summed E-state index contributed by atoms with van der Waals surface area (Å²) in [6, 6.07) is 4.25. The van der Waals surface area contributed by atoms with E-state index in [-0.39, 0.29) is 27.3 Å². The van der Waals surface area contributed by atoms with Crippen LogP contribution in [-0.4, -0.2) is 21.6 Å². The number of aromatic amines is 1. The van der Waals surface area contributed by atoms with Crippen molar-refractivity contribution in [2.75, 3.05) is 11.1 Å². The fraction of sp³-hybridized carbons (Fsp3) is 0.0833. The van der Waals surface area contributed by atoms with Gasteiger partial charge in [-0.1, -0.05) is 46.6 Å². The average Bonchev–Trinajstić information content (AvgIpc) is 2.40. The molecule has 0 fully saturated rings. The highest BCUT2D eigenvalue weighted by molar-refractivity contribution is 7.99. The van der Waals surface area contributed by atoms with Gasteiger partial charge in [-0.05, 0) is 12.1 Å². The summed E-state index contributed by atoms with van der Waals surface area (Å²) in [6.45, 7) is 0. The number of anilines is 1. The van der Waals surface area contributed by atoms with Gasteiger partial charge in [0.2, 0.25) is 5.91 Å². The molecule has 5 nitrogen and oxygen atoms in total. The van der Waals surface area contributed by atoms with Gasteiger partial charge in [0.25, 0.3) is 5.56 Å². The minimum atomic E-state index is -0.336. The first kappa shape index (κ1) is 16.2. The average molecular weight is 365 g/mol. The molecule has 21 heavy (non-hydrogen) atoms. The number of rotatable bonds is 4. The Bertz CT molecular complexity index is 713. The van der Waals surface area contributed by atoms with E-state index in [1.165, 1.54) is 24.4 Å². The molecule has 0 atom stereocenters. The van der Waals surface area contributed by atoms with E-state index >= 15 is 0 Å². The van der Waals surface area contributed by atoms with Crippen LogP contribution >= 0.6 is 46.6 Å². The number of halogens is 3. The first-order valence-electron chi connectivity index (χ1n) is 5.58. The molecule has 110 valence electrons. The van der Waals surface area contributed by atoms with Crippen LogP contribution in [0.15, 0.2) is 34.3 Å². The molecular formula is C12H8Cl3N3O2S. The normalized spacial score (nSPS) is 10.4. The molecular weight excluding hydrogens is 357 g/mol. The number of thioether (sulfide) groups is 1.